The van der Waals surface area contributed by atoms with Crippen LogP contribution in [0.4, 0.5) is 0 Å². The van der Waals surface area contributed by atoms with Crippen LogP contribution in [0.25, 0.3) is 0 Å². The van der Waals surface area contributed by atoms with E-state index in [0.29, 0.717) is 5.56 Å². The Morgan fingerprint density at radius 1 is 1.62 bits per heavy atom. The van der Waals surface area contributed by atoms with E-state index in [1.807, 2.05) is 12.1 Å². The average molecular weight is 355 g/mol. The molecule has 0 saturated carbocycles. The van der Waals surface area contributed by atoms with Crippen LogP contribution in [-0.2, 0) is 10.2 Å². The van der Waals surface area contributed by atoms with Gasteiger partial charge in [0.25, 0.3) is 0 Å². The molecular weight excluding hydrogens is 347 g/mol. The fraction of sp³-hybridized carbons (Fsp3) is 0.222. The SMILES string of the molecule is CCc1cccc(C(=O)OBr)c1I. The zero-order valence-corrected chi connectivity index (χ0v) is 10.8. The van der Waals surface area contributed by atoms with Crippen molar-refractivity contribution in [3.8, 4) is 0 Å². The standard InChI is InChI=1S/C9H8BrIO2/c1-2-6-4-3-5-7(8(6)11)9(12)13-10/h3-5H,2H2,1H3. The number of benzene rings is 1. The molecule has 1 aromatic carbocycles. The first kappa shape index (κ1) is 11.0. The Balaban J connectivity index is 3.15. The summed E-state index contributed by atoms with van der Waals surface area (Å²) in [4.78, 5) is 11.2. The summed E-state index contributed by atoms with van der Waals surface area (Å²) in [7, 11) is 0. The number of halogens is 2. The monoisotopic (exact) mass is 354 g/mol. The van der Waals surface area contributed by atoms with Crippen molar-refractivity contribution in [2.75, 3.05) is 0 Å². The lowest BCUT2D eigenvalue weighted by atomic mass is 10.1. The van der Waals surface area contributed by atoms with Gasteiger partial charge < -0.3 is 3.83 Å². The van der Waals surface area contributed by atoms with Crippen molar-refractivity contribution in [2.24, 2.45) is 0 Å². The summed E-state index contributed by atoms with van der Waals surface area (Å²) >= 11 is 4.84. The lowest BCUT2D eigenvalue weighted by molar-refractivity contribution is 0.0780. The smallest absolute Gasteiger partial charge is 0.350 e. The van der Waals surface area contributed by atoms with Crippen LogP contribution >= 0.6 is 38.8 Å². The van der Waals surface area contributed by atoms with Crippen LogP contribution in [-0.4, -0.2) is 5.97 Å². The summed E-state index contributed by atoms with van der Waals surface area (Å²) in [6.45, 7) is 2.06. The Labute approximate surface area is 99.3 Å². The van der Waals surface area contributed by atoms with Crippen molar-refractivity contribution < 1.29 is 8.62 Å². The van der Waals surface area contributed by atoms with Gasteiger partial charge in [0.2, 0.25) is 0 Å². The molecule has 70 valence electrons. The number of rotatable bonds is 2. The summed E-state index contributed by atoms with van der Waals surface area (Å²) in [6, 6.07) is 5.62. The minimum Gasteiger partial charge on any atom is -0.380 e. The maximum Gasteiger partial charge on any atom is 0.350 e. The normalized spacial score (nSPS) is 9.77. The minimum absolute atomic E-state index is 0.347. The first-order chi connectivity index (χ1) is 6.20. The van der Waals surface area contributed by atoms with Crippen molar-refractivity contribution in [3.05, 3.63) is 32.9 Å². The highest BCUT2D eigenvalue weighted by Gasteiger charge is 2.12. The second-order valence-electron chi connectivity index (χ2n) is 2.50. The van der Waals surface area contributed by atoms with Crippen LogP contribution in [0.15, 0.2) is 18.2 Å². The minimum atomic E-state index is -0.347. The fourth-order valence-electron chi connectivity index (χ4n) is 1.05. The molecule has 0 aromatic heterocycles. The summed E-state index contributed by atoms with van der Waals surface area (Å²) < 4.78 is 5.45. The maximum atomic E-state index is 11.2. The second-order valence-corrected chi connectivity index (χ2v) is 3.90. The van der Waals surface area contributed by atoms with E-state index in [1.54, 1.807) is 6.07 Å². The third kappa shape index (κ3) is 2.43. The Hall–Kier alpha value is -0.100. The highest BCUT2D eigenvalue weighted by molar-refractivity contribution is 14.1. The Bertz CT molecular complexity index is 325. The fourth-order valence-corrected chi connectivity index (χ4v) is 2.19. The van der Waals surface area contributed by atoms with Gasteiger partial charge in [0.1, 0.15) is 0 Å². The van der Waals surface area contributed by atoms with E-state index in [0.717, 1.165) is 15.6 Å². The molecule has 0 bridgehead atoms. The Kier molecular flexibility index (Phi) is 4.18. The Morgan fingerprint density at radius 2 is 2.31 bits per heavy atom. The first-order valence-electron chi connectivity index (χ1n) is 3.81. The molecule has 0 N–H and O–H groups in total. The van der Waals surface area contributed by atoms with E-state index in [9.17, 15) is 4.79 Å². The van der Waals surface area contributed by atoms with Crippen LogP contribution in [0.5, 0.6) is 0 Å². The van der Waals surface area contributed by atoms with E-state index in [4.69, 9.17) is 0 Å². The lowest BCUT2D eigenvalue weighted by Crippen LogP contribution is -2.02. The van der Waals surface area contributed by atoms with Gasteiger partial charge in [-0.1, -0.05) is 19.1 Å². The lowest BCUT2D eigenvalue weighted by Gasteiger charge is -2.04. The number of carbonyl (C=O) groups excluding carboxylic acids is 1. The van der Waals surface area contributed by atoms with Crippen LogP contribution in [0.3, 0.4) is 0 Å². The molecule has 0 atom stereocenters. The molecule has 0 amide bonds. The van der Waals surface area contributed by atoms with E-state index < -0.39 is 0 Å². The van der Waals surface area contributed by atoms with Gasteiger partial charge in [-0.15, -0.1) is 0 Å². The van der Waals surface area contributed by atoms with Gasteiger partial charge in [-0.2, -0.15) is 0 Å². The van der Waals surface area contributed by atoms with Crippen LogP contribution in [0.2, 0.25) is 0 Å². The van der Waals surface area contributed by atoms with Crippen molar-refractivity contribution in [1.29, 1.82) is 0 Å². The largest absolute Gasteiger partial charge is 0.380 e. The maximum absolute atomic E-state index is 11.2. The van der Waals surface area contributed by atoms with Crippen LogP contribution < -0.4 is 0 Å². The molecule has 1 rings (SSSR count). The van der Waals surface area contributed by atoms with E-state index >= 15 is 0 Å². The Morgan fingerprint density at radius 3 is 2.85 bits per heavy atom. The zero-order chi connectivity index (χ0) is 9.84. The summed E-state index contributed by atoms with van der Waals surface area (Å²) in [5.74, 6) is -0.347. The third-order valence-electron chi connectivity index (χ3n) is 1.75. The molecule has 4 heteroatoms. The predicted octanol–water partition coefficient (Wildman–Crippen LogP) is 3.32. The van der Waals surface area contributed by atoms with Gasteiger partial charge in [0.05, 0.1) is 5.56 Å². The highest BCUT2D eigenvalue weighted by Crippen LogP contribution is 2.19. The van der Waals surface area contributed by atoms with Gasteiger partial charge in [-0.3, -0.25) is 0 Å². The summed E-state index contributed by atoms with van der Waals surface area (Å²) in [6.07, 6.45) is 0.918. The second kappa shape index (κ2) is 4.95. The first-order valence-corrected chi connectivity index (χ1v) is 5.53. The van der Waals surface area contributed by atoms with Crippen molar-refractivity contribution in [1.82, 2.24) is 0 Å². The molecule has 0 saturated heterocycles. The topological polar surface area (TPSA) is 26.3 Å². The quantitative estimate of drug-likeness (QED) is 0.761. The van der Waals surface area contributed by atoms with Gasteiger partial charge >= 0.3 is 5.97 Å². The third-order valence-corrected chi connectivity index (χ3v) is 3.32. The van der Waals surface area contributed by atoms with Crippen molar-refractivity contribution in [2.45, 2.75) is 13.3 Å². The molecule has 13 heavy (non-hydrogen) atoms. The molecule has 1 aromatic rings. The zero-order valence-electron chi connectivity index (χ0n) is 7.01. The van der Waals surface area contributed by atoms with E-state index in [1.165, 1.54) is 0 Å². The van der Waals surface area contributed by atoms with Crippen molar-refractivity contribution in [3.63, 3.8) is 0 Å². The number of hydrogen-bond acceptors (Lipinski definition) is 2. The molecule has 0 aliphatic heterocycles. The van der Waals surface area contributed by atoms with Crippen LogP contribution in [0.1, 0.15) is 22.8 Å². The molecule has 0 spiro atoms. The van der Waals surface area contributed by atoms with Crippen LogP contribution in [0, 0.1) is 3.57 Å². The molecule has 0 heterocycles. The predicted molar refractivity (Wildman–Crippen MR) is 62.9 cm³/mol. The molecule has 0 radical (unpaired) electrons. The van der Waals surface area contributed by atoms with E-state index in [-0.39, 0.29) is 5.97 Å². The molecule has 0 aliphatic carbocycles. The molecule has 0 fully saturated rings. The van der Waals surface area contributed by atoms with E-state index in [2.05, 4.69) is 49.6 Å². The van der Waals surface area contributed by atoms with Gasteiger partial charge in [-0.25, -0.2) is 4.79 Å². The number of carbonyl (C=O) groups is 1. The summed E-state index contributed by atoms with van der Waals surface area (Å²) in [5.41, 5.74) is 1.77. The molecule has 2 nitrogen and oxygen atoms in total. The number of aryl methyl sites for hydroxylation is 1. The van der Waals surface area contributed by atoms with Gasteiger partial charge in [0.15, 0.2) is 16.3 Å². The average Bonchev–Trinajstić information content (AvgIpc) is 2.17. The number of hydrogen-bond donors (Lipinski definition) is 0. The van der Waals surface area contributed by atoms with Gasteiger partial charge in [-0.05, 0) is 40.6 Å². The highest BCUT2D eigenvalue weighted by atomic mass is 127. The molecular formula is C9H8BrIO2. The summed E-state index contributed by atoms with van der Waals surface area (Å²) in [5, 5.41) is 0. The molecule has 0 unspecified atom stereocenters. The van der Waals surface area contributed by atoms with Gasteiger partial charge in [0, 0.05) is 3.57 Å². The molecule has 0 aliphatic rings. The van der Waals surface area contributed by atoms with Crippen molar-refractivity contribution >= 4 is 44.8 Å².